The van der Waals surface area contributed by atoms with Gasteiger partial charge in [-0.2, -0.15) is 0 Å². The summed E-state index contributed by atoms with van der Waals surface area (Å²) in [5, 5.41) is 9.05. The third kappa shape index (κ3) is 2.27. The first-order valence-electron chi connectivity index (χ1n) is 6.70. The van der Waals surface area contributed by atoms with Gasteiger partial charge in [0.25, 0.3) is 0 Å². The molecule has 0 saturated heterocycles. The summed E-state index contributed by atoms with van der Waals surface area (Å²) in [6.45, 7) is 3.62. The third-order valence-corrected chi connectivity index (χ3v) is 3.65. The van der Waals surface area contributed by atoms with Gasteiger partial charge in [-0.1, -0.05) is 12.1 Å². The molecule has 106 valence electrons. The summed E-state index contributed by atoms with van der Waals surface area (Å²) in [5.41, 5.74) is 3.58. The van der Waals surface area contributed by atoms with Gasteiger partial charge in [0.1, 0.15) is 11.3 Å². The van der Waals surface area contributed by atoms with E-state index < -0.39 is 11.9 Å². The Bertz CT molecular complexity index is 806. The molecule has 0 spiro atoms. The monoisotopic (exact) mass is 281 g/mol. The largest absolute Gasteiger partial charge is 0.481 e. The van der Waals surface area contributed by atoms with Crippen LogP contribution in [0.15, 0.2) is 42.7 Å². The van der Waals surface area contributed by atoms with Crippen LogP contribution in [0.25, 0.3) is 16.7 Å². The zero-order valence-electron chi connectivity index (χ0n) is 11.8. The Balaban J connectivity index is 2.07. The van der Waals surface area contributed by atoms with Crippen molar-refractivity contribution < 1.29 is 9.90 Å². The molecule has 0 fully saturated rings. The number of benzene rings is 1. The minimum absolute atomic E-state index is 0.510. The first-order valence-corrected chi connectivity index (χ1v) is 6.70. The lowest BCUT2D eigenvalue weighted by molar-refractivity contribution is -0.138. The SMILES string of the molecule is Cc1nc2cnccc2n1-c1ccc(C(C)C(=O)O)cc1. The van der Waals surface area contributed by atoms with Crippen LogP contribution in [0.2, 0.25) is 0 Å². The van der Waals surface area contributed by atoms with Crippen molar-refractivity contribution in [1.29, 1.82) is 0 Å². The highest BCUT2D eigenvalue weighted by atomic mass is 16.4. The molecule has 5 nitrogen and oxygen atoms in total. The van der Waals surface area contributed by atoms with Gasteiger partial charge in [0, 0.05) is 11.9 Å². The van der Waals surface area contributed by atoms with Gasteiger partial charge in [0.2, 0.25) is 0 Å². The van der Waals surface area contributed by atoms with Crippen LogP contribution < -0.4 is 0 Å². The van der Waals surface area contributed by atoms with E-state index in [-0.39, 0.29) is 0 Å². The average molecular weight is 281 g/mol. The van der Waals surface area contributed by atoms with Crippen molar-refractivity contribution >= 4 is 17.0 Å². The number of fused-ring (bicyclic) bond motifs is 1. The molecule has 0 aliphatic carbocycles. The van der Waals surface area contributed by atoms with Crippen LogP contribution in [0.1, 0.15) is 24.2 Å². The van der Waals surface area contributed by atoms with Crippen molar-refractivity contribution in [2.75, 3.05) is 0 Å². The number of rotatable bonds is 3. The van der Waals surface area contributed by atoms with Crippen molar-refractivity contribution in [2.45, 2.75) is 19.8 Å². The predicted molar refractivity (Wildman–Crippen MR) is 79.7 cm³/mol. The molecule has 1 aromatic carbocycles. The molecule has 2 heterocycles. The molecule has 3 aromatic rings. The predicted octanol–water partition coefficient (Wildman–Crippen LogP) is 2.92. The highest BCUT2D eigenvalue weighted by molar-refractivity contribution is 5.78. The van der Waals surface area contributed by atoms with Crippen LogP contribution in [0.5, 0.6) is 0 Å². The summed E-state index contributed by atoms with van der Waals surface area (Å²) < 4.78 is 2.03. The molecule has 0 aliphatic heterocycles. The van der Waals surface area contributed by atoms with Crippen LogP contribution in [0.4, 0.5) is 0 Å². The van der Waals surface area contributed by atoms with Gasteiger partial charge in [0.15, 0.2) is 0 Å². The van der Waals surface area contributed by atoms with Gasteiger partial charge < -0.3 is 5.11 Å². The van der Waals surface area contributed by atoms with Gasteiger partial charge in [0.05, 0.1) is 17.6 Å². The van der Waals surface area contributed by atoms with E-state index in [0.717, 1.165) is 28.1 Å². The molecule has 1 N–H and O–H groups in total. The van der Waals surface area contributed by atoms with Gasteiger partial charge in [-0.05, 0) is 37.6 Å². The van der Waals surface area contributed by atoms with Gasteiger partial charge in [-0.3, -0.25) is 14.3 Å². The Kier molecular flexibility index (Phi) is 3.17. The molecule has 0 bridgehead atoms. The Morgan fingerprint density at radius 3 is 2.62 bits per heavy atom. The van der Waals surface area contributed by atoms with Crippen LogP contribution in [-0.4, -0.2) is 25.6 Å². The van der Waals surface area contributed by atoms with Crippen molar-refractivity contribution in [1.82, 2.24) is 14.5 Å². The molecule has 2 aromatic heterocycles. The quantitative estimate of drug-likeness (QED) is 0.801. The minimum Gasteiger partial charge on any atom is -0.481 e. The number of aromatic nitrogens is 3. The molecule has 1 unspecified atom stereocenters. The highest BCUT2D eigenvalue weighted by Gasteiger charge is 2.14. The van der Waals surface area contributed by atoms with Crippen LogP contribution >= 0.6 is 0 Å². The lowest BCUT2D eigenvalue weighted by Gasteiger charge is -2.10. The maximum atomic E-state index is 11.0. The summed E-state index contributed by atoms with van der Waals surface area (Å²) in [4.78, 5) is 19.6. The Labute approximate surface area is 121 Å². The summed E-state index contributed by atoms with van der Waals surface area (Å²) in [6, 6.07) is 9.46. The Morgan fingerprint density at radius 1 is 1.24 bits per heavy atom. The summed E-state index contributed by atoms with van der Waals surface area (Å²) in [6.07, 6.45) is 3.47. The molecule has 21 heavy (non-hydrogen) atoms. The van der Waals surface area contributed by atoms with E-state index in [0.29, 0.717) is 0 Å². The average Bonchev–Trinajstić information content (AvgIpc) is 2.82. The maximum Gasteiger partial charge on any atom is 0.310 e. The number of carboxylic acid groups (broad SMARTS) is 1. The number of imidazole rings is 1. The van der Waals surface area contributed by atoms with Crippen LogP contribution in [0.3, 0.4) is 0 Å². The number of hydrogen-bond donors (Lipinski definition) is 1. The maximum absolute atomic E-state index is 11.0. The smallest absolute Gasteiger partial charge is 0.310 e. The molecular formula is C16H15N3O2. The second-order valence-corrected chi connectivity index (χ2v) is 5.01. The Morgan fingerprint density at radius 2 is 1.95 bits per heavy atom. The first kappa shape index (κ1) is 13.3. The molecule has 3 rings (SSSR count). The molecule has 0 amide bonds. The lowest BCUT2D eigenvalue weighted by atomic mass is 10.0. The summed E-state index contributed by atoms with van der Waals surface area (Å²) in [5.74, 6) is -0.459. The summed E-state index contributed by atoms with van der Waals surface area (Å²) in [7, 11) is 0. The second kappa shape index (κ2) is 5.01. The van der Waals surface area contributed by atoms with E-state index in [2.05, 4.69) is 9.97 Å². The molecule has 0 aliphatic rings. The van der Waals surface area contributed by atoms with Crippen molar-refractivity contribution in [3.63, 3.8) is 0 Å². The topological polar surface area (TPSA) is 68.0 Å². The molecule has 1 atom stereocenters. The first-order chi connectivity index (χ1) is 10.1. The number of aryl methyl sites for hydroxylation is 1. The Hall–Kier alpha value is -2.69. The van der Waals surface area contributed by atoms with E-state index in [1.165, 1.54) is 0 Å². The fourth-order valence-electron chi connectivity index (χ4n) is 2.43. The van der Waals surface area contributed by atoms with E-state index in [4.69, 9.17) is 5.11 Å². The van der Waals surface area contributed by atoms with Gasteiger partial charge in [-0.15, -0.1) is 0 Å². The second-order valence-electron chi connectivity index (χ2n) is 5.01. The van der Waals surface area contributed by atoms with Crippen molar-refractivity contribution in [3.05, 3.63) is 54.1 Å². The number of carbonyl (C=O) groups is 1. The summed E-state index contributed by atoms with van der Waals surface area (Å²) >= 11 is 0. The van der Waals surface area contributed by atoms with E-state index in [9.17, 15) is 4.79 Å². The standard InChI is InChI=1S/C16H15N3O2/c1-10(16(20)21)12-3-5-13(6-4-12)19-11(2)18-14-9-17-8-7-15(14)19/h3-10H,1-2H3,(H,20,21). The van der Waals surface area contributed by atoms with E-state index in [1.54, 1.807) is 19.3 Å². The zero-order valence-corrected chi connectivity index (χ0v) is 11.8. The fourth-order valence-corrected chi connectivity index (χ4v) is 2.43. The molecule has 0 saturated carbocycles. The van der Waals surface area contributed by atoms with Crippen LogP contribution in [-0.2, 0) is 4.79 Å². The van der Waals surface area contributed by atoms with Crippen molar-refractivity contribution in [2.24, 2.45) is 0 Å². The number of pyridine rings is 1. The highest BCUT2D eigenvalue weighted by Crippen LogP contribution is 2.22. The molecule has 5 heteroatoms. The lowest BCUT2D eigenvalue weighted by Crippen LogP contribution is -2.07. The van der Waals surface area contributed by atoms with Gasteiger partial charge >= 0.3 is 5.97 Å². The normalized spacial score (nSPS) is 12.5. The molecule has 0 radical (unpaired) electrons. The number of hydrogen-bond acceptors (Lipinski definition) is 3. The minimum atomic E-state index is -0.821. The van der Waals surface area contributed by atoms with Crippen LogP contribution in [0, 0.1) is 6.92 Å². The van der Waals surface area contributed by atoms with E-state index in [1.807, 2.05) is 41.8 Å². The number of aliphatic carboxylic acids is 1. The number of nitrogens with zero attached hydrogens (tertiary/aromatic N) is 3. The van der Waals surface area contributed by atoms with Crippen molar-refractivity contribution in [3.8, 4) is 5.69 Å². The fraction of sp³-hybridized carbons (Fsp3) is 0.188. The van der Waals surface area contributed by atoms with Gasteiger partial charge in [-0.25, -0.2) is 4.98 Å². The number of carboxylic acids is 1. The molecular weight excluding hydrogens is 266 g/mol. The third-order valence-electron chi connectivity index (χ3n) is 3.65. The zero-order chi connectivity index (χ0) is 15.0. The van der Waals surface area contributed by atoms with E-state index >= 15 is 0 Å².